The molecule has 0 amide bonds. The van der Waals surface area contributed by atoms with E-state index in [0.29, 0.717) is 11.2 Å². The van der Waals surface area contributed by atoms with Crippen molar-refractivity contribution in [2.45, 2.75) is 13.8 Å². The molecule has 1 aromatic carbocycles. The normalized spacial score (nSPS) is 10.2. The van der Waals surface area contributed by atoms with Crippen LogP contribution in [0.15, 0.2) is 12.1 Å². The molecule has 5 heteroatoms. The van der Waals surface area contributed by atoms with Gasteiger partial charge in [0, 0.05) is 7.11 Å². The number of rotatable bonds is 4. The molecular formula is C10H15BO4. The van der Waals surface area contributed by atoms with E-state index < -0.39 is 7.12 Å². The van der Waals surface area contributed by atoms with Crippen molar-refractivity contribution in [3.05, 3.63) is 23.3 Å². The van der Waals surface area contributed by atoms with E-state index in [1.165, 1.54) is 0 Å². The molecule has 0 aliphatic heterocycles. The molecule has 0 radical (unpaired) electrons. The molecule has 0 heterocycles. The number of methoxy groups -OCH3 is 1. The molecule has 82 valence electrons. The Hall–Kier alpha value is -1.04. The van der Waals surface area contributed by atoms with E-state index in [4.69, 9.17) is 19.5 Å². The fourth-order valence-corrected chi connectivity index (χ4v) is 1.37. The Bertz CT molecular complexity index is 338. The molecule has 1 rings (SSSR count). The van der Waals surface area contributed by atoms with E-state index in [9.17, 15) is 0 Å². The lowest BCUT2D eigenvalue weighted by Gasteiger charge is -2.12. The van der Waals surface area contributed by atoms with Gasteiger partial charge in [0.2, 0.25) is 0 Å². The van der Waals surface area contributed by atoms with Crippen LogP contribution in [0.25, 0.3) is 0 Å². The molecule has 0 spiro atoms. The van der Waals surface area contributed by atoms with Gasteiger partial charge < -0.3 is 19.5 Å². The predicted octanol–water partition coefficient (Wildman–Crippen LogP) is -0.0341. The van der Waals surface area contributed by atoms with Crippen molar-refractivity contribution in [2.24, 2.45) is 0 Å². The molecule has 0 unspecified atom stereocenters. The Kier molecular flexibility index (Phi) is 4.14. The van der Waals surface area contributed by atoms with E-state index in [2.05, 4.69) is 0 Å². The quantitative estimate of drug-likeness (QED) is 0.541. The van der Waals surface area contributed by atoms with Crippen LogP contribution in [-0.2, 0) is 4.74 Å². The molecule has 0 atom stereocenters. The summed E-state index contributed by atoms with van der Waals surface area (Å²) in [4.78, 5) is 0. The van der Waals surface area contributed by atoms with E-state index in [-0.39, 0.29) is 6.79 Å². The van der Waals surface area contributed by atoms with E-state index >= 15 is 0 Å². The van der Waals surface area contributed by atoms with Crippen molar-refractivity contribution in [1.82, 2.24) is 0 Å². The van der Waals surface area contributed by atoms with Gasteiger partial charge in [-0.25, -0.2) is 0 Å². The van der Waals surface area contributed by atoms with E-state index in [1.807, 2.05) is 6.92 Å². The van der Waals surface area contributed by atoms with Crippen LogP contribution in [0.1, 0.15) is 11.1 Å². The van der Waals surface area contributed by atoms with Crippen molar-refractivity contribution < 1.29 is 19.5 Å². The van der Waals surface area contributed by atoms with Gasteiger partial charge in [-0.1, -0.05) is 6.07 Å². The first-order valence-corrected chi connectivity index (χ1v) is 4.65. The molecular weight excluding hydrogens is 195 g/mol. The lowest BCUT2D eigenvalue weighted by Crippen LogP contribution is -2.32. The Morgan fingerprint density at radius 2 is 1.87 bits per heavy atom. The van der Waals surface area contributed by atoms with Gasteiger partial charge in [0.05, 0.1) is 0 Å². The summed E-state index contributed by atoms with van der Waals surface area (Å²) in [5.41, 5.74) is 2.12. The minimum absolute atomic E-state index is 0.182. The highest BCUT2D eigenvalue weighted by atomic mass is 16.7. The highest BCUT2D eigenvalue weighted by Crippen LogP contribution is 2.18. The zero-order valence-corrected chi connectivity index (χ0v) is 9.15. The Morgan fingerprint density at radius 3 is 2.40 bits per heavy atom. The average molecular weight is 210 g/mol. The van der Waals surface area contributed by atoms with Gasteiger partial charge in [-0.3, -0.25) is 0 Å². The van der Waals surface area contributed by atoms with Crippen LogP contribution >= 0.6 is 0 Å². The largest absolute Gasteiger partial charge is 0.488 e. The number of aryl methyl sites for hydroxylation is 2. The molecule has 1 aromatic rings. The molecule has 0 bridgehead atoms. The Balaban J connectivity index is 2.97. The molecule has 0 saturated heterocycles. The molecule has 0 aliphatic carbocycles. The first-order valence-electron chi connectivity index (χ1n) is 4.65. The van der Waals surface area contributed by atoms with Gasteiger partial charge in [0.25, 0.3) is 0 Å². The zero-order chi connectivity index (χ0) is 11.4. The smallest absolute Gasteiger partial charge is 0.467 e. The second-order valence-corrected chi connectivity index (χ2v) is 3.40. The average Bonchev–Trinajstić information content (AvgIpc) is 2.18. The number of hydrogen-bond donors (Lipinski definition) is 2. The third kappa shape index (κ3) is 2.96. The maximum Gasteiger partial charge on any atom is 0.488 e. The van der Waals surface area contributed by atoms with Gasteiger partial charge >= 0.3 is 7.12 Å². The topological polar surface area (TPSA) is 58.9 Å². The van der Waals surface area contributed by atoms with Crippen LogP contribution in [-0.4, -0.2) is 31.1 Å². The zero-order valence-electron chi connectivity index (χ0n) is 9.15. The van der Waals surface area contributed by atoms with E-state index in [1.54, 1.807) is 26.2 Å². The number of benzene rings is 1. The maximum absolute atomic E-state index is 9.09. The highest BCUT2D eigenvalue weighted by Gasteiger charge is 2.15. The number of hydrogen-bond acceptors (Lipinski definition) is 4. The summed E-state index contributed by atoms with van der Waals surface area (Å²) in [6.07, 6.45) is 0. The van der Waals surface area contributed by atoms with Gasteiger partial charge in [-0.05, 0) is 36.5 Å². The lowest BCUT2D eigenvalue weighted by molar-refractivity contribution is 0.0506. The fraction of sp³-hybridized carbons (Fsp3) is 0.400. The Morgan fingerprint density at radius 1 is 1.20 bits per heavy atom. The predicted molar refractivity (Wildman–Crippen MR) is 58.2 cm³/mol. The fourth-order valence-electron chi connectivity index (χ4n) is 1.37. The molecule has 0 aromatic heterocycles. The second-order valence-electron chi connectivity index (χ2n) is 3.40. The summed E-state index contributed by atoms with van der Waals surface area (Å²) in [5.74, 6) is 0.693. The molecule has 4 nitrogen and oxygen atoms in total. The molecule has 2 N–H and O–H groups in total. The van der Waals surface area contributed by atoms with Crippen LogP contribution in [0.2, 0.25) is 0 Å². The summed E-state index contributed by atoms with van der Waals surface area (Å²) in [6, 6.07) is 3.47. The summed E-state index contributed by atoms with van der Waals surface area (Å²) >= 11 is 0. The van der Waals surface area contributed by atoms with Gasteiger partial charge in [0.1, 0.15) is 5.75 Å². The minimum Gasteiger partial charge on any atom is -0.467 e. The van der Waals surface area contributed by atoms with Crippen molar-refractivity contribution in [2.75, 3.05) is 13.9 Å². The van der Waals surface area contributed by atoms with Crippen LogP contribution < -0.4 is 10.2 Å². The summed E-state index contributed by atoms with van der Waals surface area (Å²) in [7, 11) is 0.105. The standard InChI is InChI=1S/C10H15BO4/c1-7-5-10(15-6-14-3)8(2)4-9(7)11(12)13/h4-5,12-13H,6H2,1-3H3. The SMILES string of the molecule is COCOc1cc(C)c(B(O)O)cc1C. The van der Waals surface area contributed by atoms with Crippen LogP contribution in [0.3, 0.4) is 0 Å². The highest BCUT2D eigenvalue weighted by molar-refractivity contribution is 6.59. The van der Waals surface area contributed by atoms with Gasteiger partial charge in [-0.2, -0.15) is 0 Å². The molecule has 0 aliphatic rings. The van der Waals surface area contributed by atoms with Crippen LogP contribution in [0.5, 0.6) is 5.75 Å². The van der Waals surface area contributed by atoms with Crippen molar-refractivity contribution >= 4 is 12.6 Å². The van der Waals surface area contributed by atoms with Crippen LogP contribution in [0.4, 0.5) is 0 Å². The van der Waals surface area contributed by atoms with Crippen LogP contribution in [0, 0.1) is 13.8 Å². The molecule has 0 saturated carbocycles. The van der Waals surface area contributed by atoms with Crippen molar-refractivity contribution in [1.29, 1.82) is 0 Å². The maximum atomic E-state index is 9.09. The van der Waals surface area contributed by atoms with Gasteiger partial charge in [-0.15, -0.1) is 0 Å². The lowest BCUT2D eigenvalue weighted by atomic mass is 9.76. The van der Waals surface area contributed by atoms with E-state index in [0.717, 1.165) is 11.1 Å². The first-order chi connectivity index (χ1) is 7.06. The first kappa shape index (κ1) is 12.0. The minimum atomic E-state index is -1.44. The van der Waals surface area contributed by atoms with Crippen molar-refractivity contribution in [3.8, 4) is 5.75 Å². The Labute approximate surface area is 89.6 Å². The summed E-state index contributed by atoms with van der Waals surface area (Å²) in [6.45, 7) is 3.82. The third-order valence-electron chi connectivity index (χ3n) is 2.17. The third-order valence-corrected chi connectivity index (χ3v) is 2.17. The molecule has 15 heavy (non-hydrogen) atoms. The van der Waals surface area contributed by atoms with Gasteiger partial charge in [0.15, 0.2) is 6.79 Å². The monoisotopic (exact) mass is 210 g/mol. The summed E-state index contributed by atoms with van der Waals surface area (Å²) < 4.78 is 10.1. The summed E-state index contributed by atoms with van der Waals surface area (Å²) in [5, 5.41) is 18.2. The number of ether oxygens (including phenoxy) is 2. The van der Waals surface area contributed by atoms with Crippen molar-refractivity contribution in [3.63, 3.8) is 0 Å². The molecule has 0 fully saturated rings. The second kappa shape index (κ2) is 5.16.